The summed E-state index contributed by atoms with van der Waals surface area (Å²) in [6.45, 7) is 2.19. The van der Waals surface area contributed by atoms with E-state index in [4.69, 9.17) is 0 Å². The van der Waals surface area contributed by atoms with Crippen LogP contribution >= 0.6 is 0 Å². The predicted octanol–water partition coefficient (Wildman–Crippen LogP) is 5.74. The summed E-state index contributed by atoms with van der Waals surface area (Å²) in [6.07, 6.45) is 7.80. The van der Waals surface area contributed by atoms with Crippen LogP contribution in [-0.4, -0.2) is 6.04 Å². The summed E-state index contributed by atoms with van der Waals surface area (Å²) in [6, 6.07) is 17.9. The minimum absolute atomic E-state index is 0.661. The summed E-state index contributed by atoms with van der Waals surface area (Å²) in [5, 5.41) is 7.19. The third kappa shape index (κ3) is 3.82. The van der Waals surface area contributed by atoms with Crippen LogP contribution in [0, 0.1) is 0 Å². The maximum Gasteiger partial charge on any atom is 0.0416 e. The second kappa shape index (κ2) is 7.35. The molecule has 2 aromatic carbocycles. The Kier molecular flexibility index (Phi) is 4.99. The summed E-state index contributed by atoms with van der Waals surface area (Å²) in [7, 11) is 0. The van der Waals surface area contributed by atoms with Crippen molar-refractivity contribution in [1.82, 2.24) is 0 Å². The van der Waals surface area contributed by atoms with Crippen LogP contribution < -0.4 is 10.6 Å². The Hall–Kier alpha value is -1.96. The van der Waals surface area contributed by atoms with Crippen molar-refractivity contribution in [1.29, 1.82) is 0 Å². The van der Waals surface area contributed by atoms with Gasteiger partial charge < -0.3 is 10.6 Å². The molecule has 0 bridgehead atoms. The third-order valence-corrected chi connectivity index (χ3v) is 4.54. The van der Waals surface area contributed by atoms with Gasteiger partial charge in [-0.15, -0.1) is 0 Å². The van der Waals surface area contributed by atoms with Crippen LogP contribution in [0.1, 0.15) is 44.6 Å². The zero-order chi connectivity index (χ0) is 15.2. The van der Waals surface area contributed by atoms with Gasteiger partial charge in [-0.1, -0.05) is 44.4 Å². The van der Waals surface area contributed by atoms with Crippen molar-refractivity contribution in [2.75, 3.05) is 10.6 Å². The third-order valence-electron chi connectivity index (χ3n) is 4.54. The summed E-state index contributed by atoms with van der Waals surface area (Å²) >= 11 is 0. The van der Waals surface area contributed by atoms with Gasteiger partial charge in [0.25, 0.3) is 0 Å². The Morgan fingerprint density at radius 3 is 2.27 bits per heavy atom. The molecule has 0 spiro atoms. The SMILES string of the molecule is CCc1ccccc1Nc1ccc(NC2CCCCC2)cc1. The number of anilines is 3. The number of nitrogens with one attached hydrogen (secondary N) is 2. The van der Waals surface area contributed by atoms with Crippen LogP contribution in [0.2, 0.25) is 0 Å². The van der Waals surface area contributed by atoms with Crippen molar-refractivity contribution in [3.8, 4) is 0 Å². The molecule has 0 radical (unpaired) electrons. The molecule has 1 aliphatic rings. The lowest BCUT2D eigenvalue weighted by molar-refractivity contribution is 0.463. The van der Waals surface area contributed by atoms with Crippen molar-refractivity contribution >= 4 is 17.1 Å². The van der Waals surface area contributed by atoms with Crippen molar-refractivity contribution in [3.05, 3.63) is 54.1 Å². The van der Waals surface area contributed by atoms with Gasteiger partial charge in [-0.05, 0) is 55.2 Å². The lowest BCUT2D eigenvalue weighted by Crippen LogP contribution is -2.22. The molecule has 2 heteroatoms. The van der Waals surface area contributed by atoms with Crippen LogP contribution in [0.4, 0.5) is 17.1 Å². The highest BCUT2D eigenvalue weighted by Gasteiger charge is 2.12. The molecule has 0 aliphatic heterocycles. The normalized spacial score (nSPS) is 15.5. The Labute approximate surface area is 134 Å². The molecule has 1 saturated carbocycles. The second-order valence-electron chi connectivity index (χ2n) is 6.19. The number of hydrogen-bond acceptors (Lipinski definition) is 2. The fraction of sp³-hybridized carbons (Fsp3) is 0.400. The first-order valence-electron chi connectivity index (χ1n) is 8.56. The maximum atomic E-state index is 3.67. The van der Waals surface area contributed by atoms with E-state index < -0.39 is 0 Å². The van der Waals surface area contributed by atoms with E-state index in [-0.39, 0.29) is 0 Å². The molecule has 0 unspecified atom stereocenters. The smallest absolute Gasteiger partial charge is 0.0416 e. The van der Waals surface area contributed by atoms with E-state index in [2.05, 4.69) is 66.1 Å². The molecule has 0 aromatic heterocycles. The van der Waals surface area contributed by atoms with E-state index in [1.54, 1.807) is 0 Å². The van der Waals surface area contributed by atoms with E-state index in [9.17, 15) is 0 Å². The van der Waals surface area contributed by atoms with Gasteiger partial charge in [0.2, 0.25) is 0 Å². The largest absolute Gasteiger partial charge is 0.382 e. The van der Waals surface area contributed by atoms with E-state index in [1.807, 2.05) is 0 Å². The number of hydrogen-bond donors (Lipinski definition) is 2. The molecule has 22 heavy (non-hydrogen) atoms. The molecule has 0 saturated heterocycles. The average Bonchev–Trinajstić information content (AvgIpc) is 2.58. The summed E-state index contributed by atoms with van der Waals surface area (Å²) in [5.41, 5.74) is 4.95. The number of benzene rings is 2. The van der Waals surface area contributed by atoms with Crippen molar-refractivity contribution in [3.63, 3.8) is 0 Å². The molecule has 116 valence electrons. The molecule has 2 aromatic rings. The molecule has 0 atom stereocenters. The molecule has 2 nitrogen and oxygen atoms in total. The van der Waals surface area contributed by atoms with E-state index in [0.29, 0.717) is 6.04 Å². The lowest BCUT2D eigenvalue weighted by atomic mass is 9.95. The van der Waals surface area contributed by atoms with Crippen LogP contribution in [-0.2, 0) is 6.42 Å². The summed E-state index contributed by atoms with van der Waals surface area (Å²) < 4.78 is 0. The quantitative estimate of drug-likeness (QED) is 0.735. The van der Waals surface area contributed by atoms with Gasteiger partial charge in [0.05, 0.1) is 0 Å². The molecular formula is C20H26N2. The Bertz CT molecular complexity index is 583. The monoisotopic (exact) mass is 294 g/mol. The Morgan fingerprint density at radius 1 is 0.864 bits per heavy atom. The topological polar surface area (TPSA) is 24.1 Å². The highest BCUT2D eigenvalue weighted by Crippen LogP contribution is 2.25. The summed E-state index contributed by atoms with van der Waals surface area (Å²) in [5.74, 6) is 0. The maximum absolute atomic E-state index is 3.67. The van der Waals surface area contributed by atoms with Gasteiger partial charge in [-0.3, -0.25) is 0 Å². The molecule has 1 aliphatic carbocycles. The van der Waals surface area contributed by atoms with Gasteiger partial charge in [-0.25, -0.2) is 0 Å². The van der Waals surface area contributed by atoms with Gasteiger partial charge in [-0.2, -0.15) is 0 Å². The standard InChI is InChI=1S/C20H26N2/c1-2-16-8-6-7-11-20(16)22-19-14-12-18(13-15-19)21-17-9-4-3-5-10-17/h6-8,11-15,17,21-22H,2-5,9-10H2,1H3. The van der Waals surface area contributed by atoms with Crippen LogP contribution in [0.5, 0.6) is 0 Å². The molecule has 0 amide bonds. The molecule has 1 fully saturated rings. The first-order valence-corrected chi connectivity index (χ1v) is 8.56. The number of rotatable bonds is 5. The van der Waals surface area contributed by atoms with Crippen molar-refractivity contribution < 1.29 is 0 Å². The Morgan fingerprint density at radius 2 is 1.55 bits per heavy atom. The fourth-order valence-corrected chi connectivity index (χ4v) is 3.24. The van der Waals surface area contributed by atoms with Gasteiger partial charge in [0.15, 0.2) is 0 Å². The van der Waals surface area contributed by atoms with Crippen LogP contribution in [0.15, 0.2) is 48.5 Å². The lowest BCUT2D eigenvalue weighted by Gasteiger charge is -2.24. The number of aryl methyl sites for hydroxylation is 1. The minimum atomic E-state index is 0.661. The van der Waals surface area contributed by atoms with Gasteiger partial charge >= 0.3 is 0 Å². The molecular weight excluding hydrogens is 268 g/mol. The Balaban J connectivity index is 1.63. The van der Waals surface area contributed by atoms with E-state index >= 15 is 0 Å². The van der Waals surface area contributed by atoms with E-state index in [1.165, 1.54) is 49.0 Å². The highest BCUT2D eigenvalue weighted by atomic mass is 14.9. The highest BCUT2D eigenvalue weighted by molar-refractivity contribution is 5.65. The van der Waals surface area contributed by atoms with Crippen LogP contribution in [0.25, 0.3) is 0 Å². The minimum Gasteiger partial charge on any atom is -0.382 e. The fourth-order valence-electron chi connectivity index (χ4n) is 3.24. The molecule has 0 heterocycles. The van der Waals surface area contributed by atoms with E-state index in [0.717, 1.165) is 12.1 Å². The van der Waals surface area contributed by atoms with Gasteiger partial charge in [0.1, 0.15) is 0 Å². The van der Waals surface area contributed by atoms with Crippen molar-refractivity contribution in [2.45, 2.75) is 51.5 Å². The van der Waals surface area contributed by atoms with Gasteiger partial charge in [0, 0.05) is 23.1 Å². The predicted molar refractivity (Wildman–Crippen MR) is 96.0 cm³/mol. The first-order chi connectivity index (χ1) is 10.8. The average molecular weight is 294 g/mol. The molecule has 2 N–H and O–H groups in total. The zero-order valence-corrected chi connectivity index (χ0v) is 13.4. The summed E-state index contributed by atoms with van der Waals surface area (Å²) in [4.78, 5) is 0. The second-order valence-corrected chi connectivity index (χ2v) is 6.19. The molecule has 3 rings (SSSR count). The number of para-hydroxylation sites is 1. The van der Waals surface area contributed by atoms with Crippen LogP contribution in [0.3, 0.4) is 0 Å². The first kappa shape index (κ1) is 15.0. The zero-order valence-electron chi connectivity index (χ0n) is 13.4. The van der Waals surface area contributed by atoms with Crippen molar-refractivity contribution in [2.24, 2.45) is 0 Å².